The molecule has 13 heavy (non-hydrogen) atoms. The normalized spacial score (nSPS) is 56.9. The number of fused-ring (bicyclic) bond motifs is 5. The Labute approximate surface area is 76.4 Å². The van der Waals surface area contributed by atoms with E-state index < -0.39 is 11.7 Å². The van der Waals surface area contributed by atoms with E-state index in [4.69, 9.17) is 4.74 Å². The zero-order valence-corrected chi connectivity index (χ0v) is 7.43. The monoisotopic (exact) mass is 180 g/mol. The van der Waals surface area contributed by atoms with Crippen LogP contribution in [0, 0.1) is 23.2 Å². The molecule has 0 amide bonds. The maximum Gasteiger partial charge on any atom is 0.315 e. The number of rotatable bonds is 0. The second-order valence-electron chi connectivity index (χ2n) is 4.50. The number of hydrogen-bond donors (Lipinski definition) is 1. The molecule has 1 N–H and O–H groups in total. The van der Waals surface area contributed by atoms with Gasteiger partial charge in [0.05, 0.1) is 5.41 Å². The van der Waals surface area contributed by atoms with Crippen LogP contribution in [0.2, 0.25) is 0 Å². The molecule has 3 rings (SSSR count). The standard InChI is InChI=1S/C10H12O3/c1-10-6-3-2-5(4-6)7(10)8(11)13-9(10)12/h2-3,5-8,11H,4H2,1H3/t5?,6?,7?,8?,10-/m0/s1. The highest BCUT2D eigenvalue weighted by molar-refractivity contribution is 5.81. The van der Waals surface area contributed by atoms with Gasteiger partial charge in [0.15, 0.2) is 0 Å². The van der Waals surface area contributed by atoms with E-state index in [9.17, 15) is 9.90 Å². The summed E-state index contributed by atoms with van der Waals surface area (Å²) in [6.07, 6.45) is 4.34. The molecule has 3 aliphatic rings. The van der Waals surface area contributed by atoms with E-state index in [-0.39, 0.29) is 17.8 Å². The van der Waals surface area contributed by atoms with Crippen LogP contribution in [0.15, 0.2) is 12.2 Å². The van der Waals surface area contributed by atoms with Gasteiger partial charge in [-0.2, -0.15) is 0 Å². The minimum Gasteiger partial charge on any atom is -0.435 e. The van der Waals surface area contributed by atoms with Crippen LogP contribution < -0.4 is 0 Å². The van der Waals surface area contributed by atoms with Crippen molar-refractivity contribution < 1.29 is 14.6 Å². The highest BCUT2D eigenvalue weighted by atomic mass is 16.6. The predicted molar refractivity (Wildman–Crippen MR) is 44.4 cm³/mol. The summed E-state index contributed by atoms with van der Waals surface area (Å²) in [4.78, 5) is 11.6. The Hall–Kier alpha value is -0.830. The summed E-state index contributed by atoms with van der Waals surface area (Å²) in [6.45, 7) is 1.92. The van der Waals surface area contributed by atoms with Gasteiger partial charge in [0.1, 0.15) is 0 Å². The van der Waals surface area contributed by atoms with E-state index in [0.717, 1.165) is 6.42 Å². The molecule has 1 saturated heterocycles. The van der Waals surface area contributed by atoms with Gasteiger partial charge in [-0.25, -0.2) is 0 Å². The lowest BCUT2D eigenvalue weighted by atomic mass is 9.71. The van der Waals surface area contributed by atoms with Gasteiger partial charge in [0.25, 0.3) is 0 Å². The van der Waals surface area contributed by atoms with Gasteiger partial charge in [-0.1, -0.05) is 12.2 Å². The summed E-state index contributed by atoms with van der Waals surface area (Å²) in [6, 6.07) is 0. The molecule has 2 bridgehead atoms. The molecule has 0 aromatic carbocycles. The second-order valence-corrected chi connectivity index (χ2v) is 4.50. The van der Waals surface area contributed by atoms with E-state index in [2.05, 4.69) is 12.2 Å². The molecule has 0 radical (unpaired) electrons. The second kappa shape index (κ2) is 1.98. The largest absolute Gasteiger partial charge is 0.435 e. The van der Waals surface area contributed by atoms with Gasteiger partial charge in [-0.3, -0.25) is 4.79 Å². The maximum atomic E-state index is 11.6. The molecule has 1 heterocycles. The molecule has 2 aliphatic carbocycles. The number of cyclic esters (lactones) is 1. The molecule has 0 spiro atoms. The van der Waals surface area contributed by atoms with Crippen molar-refractivity contribution in [1.29, 1.82) is 0 Å². The van der Waals surface area contributed by atoms with Crippen molar-refractivity contribution in [1.82, 2.24) is 0 Å². The first-order chi connectivity index (χ1) is 6.14. The number of carbonyl (C=O) groups is 1. The molecule has 2 fully saturated rings. The Kier molecular flexibility index (Phi) is 1.15. The SMILES string of the molecule is C[C@@]12C(=O)OC(O)C1C1C=CC2C1. The first kappa shape index (κ1) is 7.56. The summed E-state index contributed by atoms with van der Waals surface area (Å²) >= 11 is 0. The van der Waals surface area contributed by atoms with Gasteiger partial charge in [-0.05, 0) is 25.2 Å². The lowest BCUT2D eigenvalue weighted by molar-refractivity contribution is -0.160. The summed E-state index contributed by atoms with van der Waals surface area (Å²) in [7, 11) is 0. The average molecular weight is 180 g/mol. The summed E-state index contributed by atoms with van der Waals surface area (Å²) in [5.74, 6) is 0.403. The number of carbonyl (C=O) groups excluding carboxylic acids is 1. The summed E-state index contributed by atoms with van der Waals surface area (Å²) in [5, 5.41) is 9.58. The average Bonchev–Trinajstić information content (AvgIpc) is 2.66. The van der Waals surface area contributed by atoms with Crippen LogP contribution in [0.4, 0.5) is 0 Å². The molecule has 0 aromatic heterocycles. The van der Waals surface area contributed by atoms with E-state index in [1.807, 2.05) is 6.92 Å². The molecule has 70 valence electrons. The summed E-state index contributed by atoms with van der Waals surface area (Å²) < 4.78 is 4.89. The highest BCUT2D eigenvalue weighted by Crippen LogP contribution is 2.60. The fourth-order valence-electron chi connectivity index (χ4n) is 3.24. The number of allylic oxidation sites excluding steroid dienone is 2. The van der Waals surface area contributed by atoms with Crippen molar-refractivity contribution >= 4 is 5.97 Å². The Balaban J connectivity index is 2.12. The van der Waals surface area contributed by atoms with Crippen molar-refractivity contribution in [2.45, 2.75) is 19.6 Å². The maximum absolute atomic E-state index is 11.6. The minimum absolute atomic E-state index is 0.00463. The lowest BCUT2D eigenvalue weighted by Gasteiger charge is -2.27. The van der Waals surface area contributed by atoms with Crippen LogP contribution in [0.3, 0.4) is 0 Å². The first-order valence-electron chi connectivity index (χ1n) is 4.71. The fourth-order valence-corrected chi connectivity index (χ4v) is 3.24. The molecule has 1 aliphatic heterocycles. The van der Waals surface area contributed by atoms with Crippen LogP contribution in [0.5, 0.6) is 0 Å². The van der Waals surface area contributed by atoms with Crippen molar-refractivity contribution in [2.24, 2.45) is 23.2 Å². The third-order valence-electron chi connectivity index (χ3n) is 4.02. The van der Waals surface area contributed by atoms with Gasteiger partial charge < -0.3 is 9.84 Å². The van der Waals surface area contributed by atoms with Crippen molar-refractivity contribution in [3.63, 3.8) is 0 Å². The minimum atomic E-state index is -0.877. The smallest absolute Gasteiger partial charge is 0.315 e. The molecule has 1 saturated carbocycles. The van der Waals surface area contributed by atoms with Crippen molar-refractivity contribution in [3.05, 3.63) is 12.2 Å². The third-order valence-corrected chi connectivity index (χ3v) is 4.02. The van der Waals surface area contributed by atoms with E-state index in [0.29, 0.717) is 5.92 Å². The van der Waals surface area contributed by atoms with Crippen LogP contribution in [-0.4, -0.2) is 17.4 Å². The van der Waals surface area contributed by atoms with Gasteiger partial charge in [0, 0.05) is 5.92 Å². The third kappa shape index (κ3) is 0.645. The summed E-state index contributed by atoms with van der Waals surface area (Å²) in [5.41, 5.74) is -0.446. The Morgan fingerprint density at radius 2 is 2.38 bits per heavy atom. The zero-order chi connectivity index (χ0) is 9.22. The fraction of sp³-hybridized carbons (Fsp3) is 0.700. The van der Waals surface area contributed by atoms with Gasteiger partial charge in [-0.15, -0.1) is 0 Å². The molecule has 3 nitrogen and oxygen atoms in total. The molecule has 3 heteroatoms. The molecular formula is C10H12O3. The number of aliphatic hydroxyl groups excluding tert-OH is 1. The highest BCUT2D eigenvalue weighted by Gasteiger charge is 2.65. The number of esters is 1. The predicted octanol–water partition coefficient (Wildman–Crippen LogP) is 0.690. The zero-order valence-electron chi connectivity index (χ0n) is 7.43. The van der Waals surface area contributed by atoms with E-state index in [1.54, 1.807) is 0 Å². The Morgan fingerprint density at radius 1 is 1.62 bits per heavy atom. The number of hydrogen-bond acceptors (Lipinski definition) is 3. The molecule has 0 aromatic rings. The van der Waals surface area contributed by atoms with Crippen LogP contribution in [-0.2, 0) is 9.53 Å². The van der Waals surface area contributed by atoms with Crippen molar-refractivity contribution in [2.75, 3.05) is 0 Å². The van der Waals surface area contributed by atoms with Gasteiger partial charge >= 0.3 is 5.97 Å². The molecular weight excluding hydrogens is 168 g/mol. The molecule has 5 atom stereocenters. The van der Waals surface area contributed by atoms with Crippen LogP contribution in [0.25, 0.3) is 0 Å². The van der Waals surface area contributed by atoms with Crippen LogP contribution in [0.1, 0.15) is 13.3 Å². The van der Waals surface area contributed by atoms with Crippen molar-refractivity contribution in [3.8, 4) is 0 Å². The Bertz CT molecular complexity index is 309. The van der Waals surface area contributed by atoms with E-state index >= 15 is 0 Å². The lowest BCUT2D eigenvalue weighted by Crippen LogP contribution is -2.35. The first-order valence-corrected chi connectivity index (χ1v) is 4.71. The van der Waals surface area contributed by atoms with Crippen LogP contribution >= 0.6 is 0 Å². The molecule has 4 unspecified atom stereocenters. The van der Waals surface area contributed by atoms with Gasteiger partial charge in [0.2, 0.25) is 6.29 Å². The number of aliphatic hydroxyl groups is 1. The van der Waals surface area contributed by atoms with E-state index in [1.165, 1.54) is 0 Å². The number of ether oxygens (including phenoxy) is 1. The quantitative estimate of drug-likeness (QED) is 0.440. The Morgan fingerprint density at radius 3 is 3.08 bits per heavy atom. The topological polar surface area (TPSA) is 46.5 Å².